The molecule has 3 aromatic rings. The molecule has 162 valence electrons. The normalized spacial score (nSPS) is 10.7. The van der Waals surface area contributed by atoms with Gasteiger partial charge in [-0.15, -0.1) is 10.2 Å². The Morgan fingerprint density at radius 3 is 2.77 bits per heavy atom. The summed E-state index contributed by atoms with van der Waals surface area (Å²) in [4.78, 5) is 41.0. The number of benzene rings is 1. The molecule has 0 saturated carbocycles. The highest BCUT2D eigenvalue weighted by Crippen LogP contribution is 2.28. The number of aromatic amines is 1. The smallest absolute Gasteiger partial charge is 0.319 e. The van der Waals surface area contributed by atoms with Gasteiger partial charge in [0, 0.05) is 17.1 Å². The van der Waals surface area contributed by atoms with Gasteiger partial charge >= 0.3 is 5.97 Å². The van der Waals surface area contributed by atoms with E-state index in [1.165, 1.54) is 11.8 Å². The van der Waals surface area contributed by atoms with E-state index in [2.05, 4.69) is 41.6 Å². The van der Waals surface area contributed by atoms with Crippen molar-refractivity contribution in [1.29, 1.82) is 0 Å². The van der Waals surface area contributed by atoms with E-state index in [-0.39, 0.29) is 42.6 Å². The van der Waals surface area contributed by atoms with Gasteiger partial charge in [0.05, 0.1) is 24.3 Å². The lowest BCUT2D eigenvalue weighted by Gasteiger charge is -2.05. The van der Waals surface area contributed by atoms with Gasteiger partial charge in [0.2, 0.25) is 5.82 Å². The fraction of sp³-hybridized carbons (Fsp3) is 0.263. The number of carbonyl (C=O) groups is 3. The Morgan fingerprint density at radius 1 is 1.32 bits per heavy atom. The Morgan fingerprint density at radius 2 is 2.10 bits per heavy atom. The molecule has 0 spiro atoms. The lowest BCUT2D eigenvalue weighted by Crippen LogP contribution is -2.21. The Hall–Kier alpha value is -3.38. The van der Waals surface area contributed by atoms with E-state index in [1.807, 2.05) is 0 Å². The van der Waals surface area contributed by atoms with Crippen LogP contribution in [0.1, 0.15) is 32.0 Å². The number of halogens is 1. The van der Waals surface area contributed by atoms with Crippen LogP contribution < -0.4 is 11.1 Å². The van der Waals surface area contributed by atoms with Crippen LogP contribution in [0.25, 0.3) is 11.5 Å². The molecule has 0 bridgehead atoms. The van der Waals surface area contributed by atoms with Crippen LogP contribution in [0, 0.1) is 6.92 Å². The van der Waals surface area contributed by atoms with Gasteiger partial charge < -0.3 is 20.8 Å². The minimum Gasteiger partial charge on any atom is -0.463 e. The summed E-state index contributed by atoms with van der Waals surface area (Å²) in [5, 5.41) is 14.7. The number of aromatic nitrogens is 5. The van der Waals surface area contributed by atoms with Crippen LogP contribution in [0.15, 0.2) is 28.7 Å². The highest BCUT2D eigenvalue weighted by atomic mass is 79.9. The predicted octanol–water partition coefficient (Wildman–Crippen LogP) is 0.832. The number of carbonyl (C=O) groups excluding carboxylic acids is 3. The van der Waals surface area contributed by atoms with E-state index in [0.717, 1.165) is 4.47 Å². The van der Waals surface area contributed by atoms with Crippen LogP contribution in [-0.4, -0.2) is 63.1 Å². The quantitative estimate of drug-likeness (QED) is 0.310. The SMILES string of the molecule is CNC(=O)c1[nH]c(-c2nnn(CCOC(=O)CN)n2)c(C)c1C(=O)c1cccc(Br)c1. The number of ether oxygens (including phenoxy) is 1. The van der Waals surface area contributed by atoms with E-state index in [1.54, 1.807) is 31.2 Å². The molecule has 0 aliphatic heterocycles. The summed E-state index contributed by atoms with van der Waals surface area (Å²) in [6, 6.07) is 6.90. The molecule has 12 heteroatoms. The van der Waals surface area contributed by atoms with Gasteiger partial charge in [0.15, 0.2) is 5.78 Å². The Balaban J connectivity index is 1.95. The molecule has 0 unspecified atom stereocenters. The van der Waals surface area contributed by atoms with Crippen LogP contribution in [0.3, 0.4) is 0 Å². The predicted molar refractivity (Wildman–Crippen MR) is 113 cm³/mol. The van der Waals surface area contributed by atoms with Gasteiger partial charge in [-0.2, -0.15) is 4.80 Å². The van der Waals surface area contributed by atoms with E-state index in [9.17, 15) is 14.4 Å². The molecule has 0 radical (unpaired) electrons. The number of tetrazole rings is 1. The lowest BCUT2D eigenvalue weighted by molar-refractivity contribution is -0.142. The van der Waals surface area contributed by atoms with Crippen LogP contribution in [0.5, 0.6) is 0 Å². The van der Waals surface area contributed by atoms with Gasteiger partial charge in [-0.3, -0.25) is 14.4 Å². The molecule has 0 aliphatic carbocycles. The standard InChI is InChI=1S/C19H20BrN7O4/c1-10-14(17(29)11-4-3-5-12(20)8-11)16(19(30)22-2)23-15(10)18-24-26-27(25-18)6-7-31-13(28)9-21/h3-5,8,23H,6-7,9,21H2,1-2H3,(H,22,30). The molecular formula is C19H20BrN7O4. The molecule has 1 amide bonds. The summed E-state index contributed by atoms with van der Waals surface area (Å²) < 4.78 is 5.64. The third-order valence-corrected chi connectivity index (χ3v) is 4.91. The first-order valence-corrected chi connectivity index (χ1v) is 10.0. The second-order valence-corrected chi connectivity index (χ2v) is 7.34. The summed E-state index contributed by atoms with van der Waals surface area (Å²) in [5.74, 6) is -1.11. The molecule has 0 fully saturated rings. The molecule has 3 rings (SSSR count). The van der Waals surface area contributed by atoms with Crippen molar-refractivity contribution in [3.8, 4) is 11.5 Å². The fourth-order valence-electron chi connectivity index (χ4n) is 2.91. The monoisotopic (exact) mass is 489 g/mol. The summed E-state index contributed by atoms with van der Waals surface area (Å²) >= 11 is 3.35. The summed E-state index contributed by atoms with van der Waals surface area (Å²) in [7, 11) is 1.47. The first kappa shape index (κ1) is 22.3. The molecule has 1 aromatic carbocycles. The molecule has 0 atom stereocenters. The maximum Gasteiger partial charge on any atom is 0.319 e. The third-order valence-electron chi connectivity index (χ3n) is 4.42. The molecule has 2 aromatic heterocycles. The fourth-order valence-corrected chi connectivity index (χ4v) is 3.31. The number of esters is 1. The molecule has 4 N–H and O–H groups in total. The second-order valence-electron chi connectivity index (χ2n) is 6.43. The van der Waals surface area contributed by atoms with E-state index < -0.39 is 11.9 Å². The van der Waals surface area contributed by atoms with Gasteiger partial charge in [0.1, 0.15) is 12.3 Å². The maximum absolute atomic E-state index is 13.2. The van der Waals surface area contributed by atoms with E-state index in [0.29, 0.717) is 16.8 Å². The zero-order valence-corrected chi connectivity index (χ0v) is 18.4. The Bertz CT molecular complexity index is 1140. The van der Waals surface area contributed by atoms with Crippen LogP contribution in [0.4, 0.5) is 0 Å². The molecule has 31 heavy (non-hydrogen) atoms. The average molecular weight is 490 g/mol. The number of ketones is 1. The number of hydrogen-bond donors (Lipinski definition) is 3. The highest BCUT2D eigenvalue weighted by Gasteiger charge is 2.27. The Labute approximate surface area is 185 Å². The first-order valence-electron chi connectivity index (χ1n) is 9.24. The number of nitrogens with two attached hydrogens (primary N) is 1. The zero-order chi connectivity index (χ0) is 22.5. The summed E-state index contributed by atoms with van der Waals surface area (Å²) in [6.45, 7) is 1.69. The van der Waals surface area contributed by atoms with Crippen molar-refractivity contribution >= 4 is 33.6 Å². The van der Waals surface area contributed by atoms with Gasteiger partial charge in [-0.25, -0.2) is 0 Å². The lowest BCUT2D eigenvalue weighted by atomic mass is 9.99. The molecule has 2 heterocycles. The van der Waals surface area contributed by atoms with Gasteiger partial charge in [-0.05, 0) is 29.8 Å². The number of nitrogens with one attached hydrogen (secondary N) is 2. The molecule has 11 nitrogen and oxygen atoms in total. The minimum atomic E-state index is -0.536. The first-order chi connectivity index (χ1) is 14.8. The molecule has 0 aliphatic rings. The van der Waals surface area contributed by atoms with Crippen LogP contribution in [-0.2, 0) is 16.1 Å². The van der Waals surface area contributed by atoms with Gasteiger partial charge in [0.25, 0.3) is 5.91 Å². The Kier molecular flexibility index (Phi) is 6.92. The second kappa shape index (κ2) is 9.62. The third kappa shape index (κ3) is 4.86. The largest absolute Gasteiger partial charge is 0.463 e. The van der Waals surface area contributed by atoms with Crippen molar-refractivity contribution in [3.05, 3.63) is 51.1 Å². The van der Waals surface area contributed by atoms with E-state index in [4.69, 9.17) is 10.5 Å². The minimum absolute atomic E-state index is 0.0334. The zero-order valence-electron chi connectivity index (χ0n) is 16.8. The highest BCUT2D eigenvalue weighted by molar-refractivity contribution is 9.10. The van der Waals surface area contributed by atoms with Crippen molar-refractivity contribution in [2.75, 3.05) is 20.2 Å². The van der Waals surface area contributed by atoms with Crippen molar-refractivity contribution in [1.82, 2.24) is 30.5 Å². The number of nitrogens with zero attached hydrogens (tertiary/aromatic N) is 4. The number of amides is 1. The van der Waals surface area contributed by atoms with Crippen molar-refractivity contribution in [2.45, 2.75) is 13.5 Å². The van der Waals surface area contributed by atoms with Crippen LogP contribution >= 0.6 is 15.9 Å². The number of H-pyrrole nitrogens is 1. The number of rotatable bonds is 8. The van der Waals surface area contributed by atoms with E-state index >= 15 is 0 Å². The van der Waals surface area contributed by atoms with Crippen molar-refractivity contribution < 1.29 is 19.1 Å². The summed E-state index contributed by atoms with van der Waals surface area (Å²) in [6.07, 6.45) is 0. The number of hydrogen-bond acceptors (Lipinski definition) is 8. The van der Waals surface area contributed by atoms with Gasteiger partial charge in [-0.1, -0.05) is 28.1 Å². The molecular weight excluding hydrogens is 470 g/mol. The van der Waals surface area contributed by atoms with Crippen LogP contribution in [0.2, 0.25) is 0 Å². The summed E-state index contributed by atoms with van der Waals surface area (Å²) in [5.41, 5.74) is 6.84. The maximum atomic E-state index is 13.2. The van der Waals surface area contributed by atoms with Crippen molar-refractivity contribution in [2.24, 2.45) is 5.73 Å². The molecule has 0 saturated heterocycles. The average Bonchev–Trinajstić information content (AvgIpc) is 3.36. The van der Waals surface area contributed by atoms with Crippen molar-refractivity contribution in [3.63, 3.8) is 0 Å². The topological polar surface area (TPSA) is 158 Å².